The molecule has 5 heteroatoms. The van der Waals surface area contributed by atoms with E-state index in [2.05, 4.69) is 13.8 Å². The van der Waals surface area contributed by atoms with Gasteiger partial charge >= 0.3 is 12.1 Å². The highest BCUT2D eigenvalue weighted by Gasteiger charge is 2.18. The maximum absolute atomic E-state index is 11.9. The number of rotatable bonds is 5. The minimum atomic E-state index is -0.774. The van der Waals surface area contributed by atoms with Crippen LogP contribution in [0.2, 0.25) is 0 Å². The van der Waals surface area contributed by atoms with Gasteiger partial charge in [-0.25, -0.2) is 9.59 Å². The number of hydrogen-bond donors (Lipinski definition) is 1. The van der Waals surface area contributed by atoms with Crippen molar-refractivity contribution in [2.45, 2.75) is 73.3 Å². The quantitative estimate of drug-likeness (QED) is 0.612. The van der Waals surface area contributed by atoms with Crippen molar-refractivity contribution in [2.24, 2.45) is 5.92 Å². The van der Waals surface area contributed by atoms with Gasteiger partial charge in [0, 0.05) is 5.57 Å². The van der Waals surface area contributed by atoms with E-state index in [1.807, 2.05) is 12.4 Å². The fraction of sp³-hybridized carbons (Fsp3) is 0.750. The van der Waals surface area contributed by atoms with Crippen LogP contribution >= 0.6 is 0 Å². The maximum atomic E-state index is 11.9. The Kier molecular flexibility index (Phi) is 8.07. The third-order valence-corrected chi connectivity index (χ3v) is 2.91. The number of nitrogens with one attached hydrogen (secondary N) is 1. The van der Waals surface area contributed by atoms with Gasteiger partial charge in [0.25, 0.3) is 0 Å². The summed E-state index contributed by atoms with van der Waals surface area (Å²) in [5.41, 5.74) is 2.99. The first-order valence-electron chi connectivity index (χ1n) is 7.45. The molecule has 0 saturated carbocycles. The predicted molar refractivity (Wildman–Crippen MR) is 82.5 cm³/mol. The fourth-order valence-corrected chi connectivity index (χ4v) is 1.70. The van der Waals surface area contributed by atoms with Crippen LogP contribution in [0.5, 0.6) is 0 Å². The molecule has 21 heavy (non-hydrogen) atoms. The van der Waals surface area contributed by atoms with Crippen molar-refractivity contribution < 1.29 is 19.2 Å². The summed E-state index contributed by atoms with van der Waals surface area (Å²) in [5.74, 6) is 0.0386. The van der Waals surface area contributed by atoms with Crippen molar-refractivity contribution in [3.8, 4) is 0 Å². The van der Waals surface area contributed by atoms with E-state index in [1.165, 1.54) is 0 Å². The van der Waals surface area contributed by atoms with E-state index < -0.39 is 17.7 Å². The third-order valence-electron chi connectivity index (χ3n) is 2.91. The van der Waals surface area contributed by atoms with Gasteiger partial charge in [-0.1, -0.05) is 26.3 Å². The maximum Gasteiger partial charge on any atom is 0.441 e. The first-order chi connectivity index (χ1) is 9.56. The van der Waals surface area contributed by atoms with Crippen LogP contribution in [0.4, 0.5) is 4.79 Å². The summed E-state index contributed by atoms with van der Waals surface area (Å²) < 4.78 is 4.99. The molecule has 0 unspecified atom stereocenters. The molecule has 0 bridgehead atoms. The van der Waals surface area contributed by atoms with E-state index in [1.54, 1.807) is 27.7 Å². The second kappa shape index (κ2) is 8.70. The first-order valence-corrected chi connectivity index (χ1v) is 7.45. The second-order valence-corrected chi connectivity index (χ2v) is 6.51. The lowest BCUT2D eigenvalue weighted by atomic mass is 9.97. The number of allylic oxidation sites excluding steroid dienone is 1. The van der Waals surface area contributed by atoms with Crippen LogP contribution < -0.4 is 5.48 Å². The SMILES string of the molecule is CCC(CCC(C)C)=C(C)C(=O)ONC(=O)OC(C)(C)C. The summed E-state index contributed by atoms with van der Waals surface area (Å²) >= 11 is 0. The summed E-state index contributed by atoms with van der Waals surface area (Å²) in [5, 5.41) is 0. The predicted octanol–water partition coefficient (Wildman–Crippen LogP) is 4.13. The Labute approximate surface area is 128 Å². The number of ether oxygens (including phenoxy) is 1. The lowest BCUT2D eigenvalue weighted by Crippen LogP contribution is -2.34. The molecule has 0 saturated heterocycles. The van der Waals surface area contributed by atoms with Crippen LogP contribution in [0.15, 0.2) is 11.1 Å². The molecule has 0 atom stereocenters. The largest absolute Gasteiger partial charge is 0.442 e. The molecule has 0 rings (SSSR count). The molecule has 0 aliphatic carbocycles. The van der Waals surface area contributed by atoms with Crippen LogP contribution in [0.25, 0.3) is 0 Å². The Morgan fingerprint density at radius 3 is 2.19 bits per heavy atom. The number of hydrogen-bond acceptors (Lipinski definition) is 4. The van der Waals surface area contributed by atoms with E-state index in [9.17, 15) is 9.59 Å². The van der Waals surface area contributed by atoms with Crippen LogP contribution in [0.1, 0.15) is 67.7 Å². The number of carbonyl (C=O) groups excluding carboxylic acids is 2. The molecule has 5 nitrogen and oxygen atoms in total. The Bertz CT molecular complexity index is 392. The van der Waals surface area contributed by atoms with Gasteiger partial charge in [-0.05, 0) is 52.9 Å². The van der Waals surface area contributed by atoms with E-state index in [0.29, 0.717) is 11.5 Å². The van der Waals surface area contributed by atoms with Gasteiger partial charge in [0.05, 0.1) is 0 Å². The normalized spacial score (nSPS) is 12.8. The molecule has 0 radical (unpaired) electrons. The highest BCUT2D eigenvalue weighted by molar-refractivity contribution is 5.89. The monoisotopic (exact) mass is 299 g/mol. The summed E-state index contributed by atoms with van der Waals surface area (Å²) in [6.07, 6.45) is 1.90. The Morgan fingerprint density at radius 2 is 1.76 bits per heavy atom. The molecule has 0 spiro atoms. The van der Waals surface area contributed by atoms with Crippen molar-refractivity contribution in [1.29, 1.82) is 0 Å². The lowest BCUT2D eigenvalue weighted by molar-refractivity contribution is -0.145. The van der Waals surface area contributed by atoms with Crippen LogP contribution in [0, 0.1) is 5.92 Å². The third kappa shape index (κ3) is 9.10. The molecule has 1 N–H and O–H groups in total. The zero-order valence-corrected chi connectivity index (χ0v) is 14.3. The van der Waals surface area contributed by atoms with Crippen LogP contribution in [-0.2, 0) is 14.4 Å². The fourth-order valence-electron chi connectivity index (χ4n) is 1.70. The summed E-state index contributed by atoms with van der Waals surface area (Å²) in [6.45, 7) is 13.2. The average Bonchev–Trinajstić information content (AvgIpc) is 2.33. The Balaban J connectivity index is 4.51. The summed E-state index contributed by atoms with van der Waals surface area (Å²) in [7, 11) is 0. The van der Waals surface area contributed by atoms with E-state index in [4.69, 9.17) is 9.57 Å². The first kappa shape index (κ1) is 19.5. The van der Waals surface area contributed by atoms with E-state index in [-0.39, 0.29) is 0 Å². The standard InChI is InChI=1S/C16H29NO4/c1-8-13(10-9-11(2)3)12(4)14(18)21-17-15(19)20-16(5,6)7/h11H,8-10H2,1-7H3,(H,17,19). The molecule has 1 amide bonds. The van der Waals surface area contributed by atoms with E-state index >= 15 is 0 Å². The molecule has 0 fully saturated rings. The molecule has 0 aromatic rings. The Morgan fingerprint density at radius 1 is 1.19 bits per heavy atom. The topological polar surface area (TPSA) is 64.6 Å². The van der Waals surface area contributed by atoms with Gasteiger partial charge in [-0.2, -0.15) is 0 Å². The molecule has 0 aliphatic rings. The summed E-state index contributed by atoms with van der Waals surface area (Å²) in [4.78, 5) is 28.1. The minimum absolute atomic E-state index is 0.540. The van der Waals surface area contributed by atoms with Gasteiger partial charge in [0.2, 0.25) is 0 Å². The van der Waals surface area contributed by atoms with Gasteiger partial charge in [-0.15, -0.1) is 5.48 Å². The van der Waals surface area contributed by atoms with Gasteiger partial charge in [0.1, 0.15) is 5.60 Å². The molecule has 0 aromatic heterocycles. The van der Waals surface area contributed by atoms with Crippen molar-refractivity contribution in [3.05, 3.63) is 11.1 Å². The van der Waals surface area contributed by atoms with Gasteiger partial charge in [-0.3, -0.25) is 0 Å². The van der Waals surface area contributed by atoms with Gasteiger partial charge < -0.3 is 9.57 Å². The zero-order valence-electron chi connectivity index (χ0n) is 14.3. The Hall–Kier alpha value is -1.52. The van der Waals surface area contributed by atoms with Crippen molar-refractivity contribution in [2.75, 3.05) is 0 Å². The minimum Gasteiger partial charge on any atom is -0.442 e. The summed E-state index contributed by atoms with van der Waals surface area (Å²) in [6, 6.07) is 0. The second-order valence-electron chi connectivity index (χ2n) is 6.51. The number of carbonyl (C=O) groups is 2. The molecular formula is C16H29NO4. The molecule has 0 aliphatic heterocycles. The lowest BCUT2D eigenvalue weighted by Gasteiger charge is -2.19. The highest BCUT2D eigenvalue weighted by Crippen LogP contribution is 2.19. The molecular weight excluding hydrogens is 270 g/mol. The zero-order chi connectivity index (χ0) is 16.6. The van der Waals surface area contributed by atoms with Crippen molar-refractivity contribution >= 4 is 12.1 Å². The number of hydroxylamine groups is 1. The molecule has 0 heterocycles. The molecule has 122 valence electrons. The average molecular weight is 299 g/mol. The smallest absolute Gasteiger partial charge is 0.441 e. The van der Waals surface area contributed by atoms with Crippen molar-refractivity contribution in [3.63, 3.8) is 0 Å². The van der Waals surface area contributed by atoms with Gasteiger partial charge in [0.15, 0.2) is 0 Å². The molecule has 0 aromatic carbocycles. The highest BCUT2D eigenvalue weighted by atomic mass is 16.7. The van der Waals surface area contributed by atoms with Crippen LogP contribution in [0.3, 0.4) is 0 Å². The van der Waals surface area contributed by atoms with Crippen molar-refractivity contribution in [1.82, 2.24) is 5.48 Å². The number of amides is 1. The van der Waals surface area contributed by atoms with Crippen LogP contribution in [-0.4, -0.2) is 17.7 Å². The van der Waals surface area contributed by atoms with E-state index in [0.717, 1.165) is 24.8 Å².